The van der Waals surface area contributed by atoms with E-state index in [1.54, 1.807) is 21.1 Å². The number of carboxylic acids is 1. The molecule has 318 valence electrons. The Morgan fingerprint density at radius 2 is 1.02 bits per heavy atom. The van der Waals surface area contributed by atoms with Crippen molar-refractivity contribution < 1.29 is 38.2 Å². The number of hydrogen-bond acceptors (Lipinski definition) is 7. The minimum absolute atomic E-state index is 0.0403. The number of nitrogens with zero attached hydrogens (tertiary/aromatic N) is 1. The molecule has 0 aromatic rings. The summed E-state index contributed by atoms with van der Waals surface area (Å²) >= 11 is 0. The van der Waals surface area contributed by atoms with Gasteiger partial charge in [-0.05, 0) is 51.4 Å². The number of hydrogen-bond donors (Lipinski definition) is 0. The van der Waals surface area contributed by atoms with Gasteiger partial charge in [0.2, 0.25) is 0 Å². The maximum absolute atomic E-state index is 12.6. The highest BCUT2D eigenvalue weighted by Gasteiger charge is 2.25. The van der Waals surface area contributed by atoms with Crippen LogP contribution in [0.3, 0.4) is 0 Å². The van der Waals surface area contributed by atoms with Gasteiger partial charge in [-0.2, -0.15) is 0 Å². The van der Waals surface area contributed by atoms with Crippen LogP contribution in [0.15, 0.2) is 48.6 Å². The maximum Gasteiger partial charge on any atom is 0.306 e. The molecule has 0 amide bonds. The van der Waals surface area contributed by atoms with E-state index in [0.29, 0.717) is 12.8 Å². The smallest absolute Gasteiger partial charge is 0.306 e. The van der Waals surface area contributed by atoms with Gasteiger partial charge in [-0.3, -0.25) is 9.59 Å². The van der Waals surface area contributed by atoms with E-state index in [-0.39, 0.29) is 42.7 Å². The molecular weight excluding hydrogens is 691 g/mol. The van der Waals surface area contributed by atoms with E-state index >= 15 is 0 Å². The number of unbranched alkanes of at least 4 members (excludes halogenated alkanes) is 17. The molecule has 0 spiro atoms. The number of esters is 2. The van der Waals surface area contributed by atoms with Gasteiger partial charge in [-0.25, -0.2) is 0 Å². The van der Waals surface area contributed by atoms with E-state index in [1.165, 1.54) is 83.5 Å². The third kappa shape index (κ3) is 36.7. The van der Waals surface area contributed by atoms with Gasteiger partial charge >= 0.3 is 11.9 Å². The summed E-state index contributed by atoms with van der Waals surface area (Å²) in [5.74, 6) is -1.74. The Balaban J connectivity index is 4.16. The van der Waals surface area contributed by atoms with Crippen molar-refractivity contribution in [2.45, 2.75) is 193 Å². The van der Waals surface area contributed by atoms with Crippen molar-refractivity contribution in [3.8, 4) is 0 Å². The molecule has 0 aliphatic carbocycles. The lowest BCUT2D eigenvalue weighted by Crippen LogP contribution is -2.55. The number of carbonyl (C=O) groups is 3. The highest BCUT2D eigenvalue weighted by atomic mass is 16.6. The predicted molar refractivity (Wildman–Crippen MR) is 226 cm³/mol. The molecule has 0 heterocycles. The summed E-state index contributed by atoms with van der Waals surface area (Å²) in [6.07, 6.45) is 44.3. The van der Waals surface area contributed by atoms with Gasteiger partial charge in [-0.1, -0.05) is 159 Å². The molecule has 0 fully saturated rings. The molecular formula is C47H83NO7. The van der Waals surface area contributed by atoms with Crippen molar-refractivity contribution in [2.24, 2.45) is 0 Å². The van der Waals surface area contributed by atoms with Gasteiger partial charge < -0.3 is 28.6 Å². The van der Waals surface area contributed by atoms with Gasteiger partial charge in [0.15, 0.2) is 6.10 Å². The number of aliphatic carboxylic acids is 1. The Morgan fingerprint density at radius 3 is 1.51 bits per heavy atom. The Morgan fingerprint density at radius 1 is 0.564 bits per heavy atom. The van der Waals surface area contributed by atoms with Crippen molar-refractivity contribution in [1.82, 2.24) is 0 Å². The molecule has 0 aliphatic rings. The molecule has 0 radical (unpaired) electrons. The summed E-state index contributed by atoms with van der Waals surface area (Å²) in [7, 11) is 5.40. The summed E-state index contributed by atoms with van der Waals surface area (Å²) < 4.78 is 17.1. The number of quaternary nitrogens is 1. The molecule has 0 aliphatic heterocycles. The Hall–Kier alpha value is -2.71. The molecule has 8 heteroatoms. The third-order valence-corrected chi connectivity index (χ3v) is 9.73. The van der Waals surface area contributed by atoms with E-state index in [9.17, 15) is 19.5 Å². The fourth-order valence-corrected chi connectivity index (χ4v) is 6.30. The number of carbonyl (C=O) groups excluding carboxylic acids is 3. The highest BCUT2D eigenvalue weighted by molar-refractivity contribution is 5.70. The van der Waals surface area contributed by atoms with Gasteiger partial charge in [0.05, 0.1) is 40.3 Å². The lowest BCUT2D eigenvalue weighted by Gasteiger charge is -2.34. The number of carboxylic acid groups (broad SMARTS) is 1. The largest absolute Gasteiger partial charge is 0.544 e. The van der Waals surface area contributed by atoms with Crippen molar-refractivity contribution in [3.63, 3.8) is 0 Å². The fraction of sp³-hybridized carbons (Fsp3) is 0.766. The number of ether oxygens (including phenoxy) is 3. The van der Waals surface area contributed by atoms with Crippen LogP contribution in [-0.4, -0.2) is 75.5 Å². The first-order valence-electron chi connectivity index (χ1n) is 22.2. The second-order valence-electron chi connectivity index (χ2n) is 15.9. The van der Waals surface area contributed by atoms with Crippen LogP contribution in [0.4, 0.5) is 0 Å². The average Bonchev–Trinajstić information content (AvgIpc) is 3.14. The molecule has 2 unspecified atom stereocenters. The molecule has 0 aromatic carbocycles. The van der Waals surface area contributed by atoms with Crippen molar-refractivity contribution in [1.29, 1.82) is 0 Å². The third-order valence-electron chi connectivity index (χ3n) is 9.73. The van der Waals surface area contributed by atoms with Crippen LogP contribution >= 0.6 is 0 Å². The van der Waals surface area contributed by atoms with Crippen molar-refractivity contribution >= 4 is 17.9 Å². The second-order valence-corrected chi connectivity index (χ2v) is 15.9. The fourth-order valence-electron chi connectivity index (χ4n) is 6.30. The predicted octanol–water partition coefficient (Wildman–Crippen LogP) is 10.7. The van der Waals surface area contributed by atoms with Crippen molar-refractivity contribution in [2.75, 3.05) is 41.0 Å². The van der Waals surface area contributed by atoms with Crippen LogP contribution < -0.4 is 5.11 Å². The number of rotatable bonds is 39. The molecule has 0 N–H and O–H groups in total. The normalized spacial score (nSPS) is 13.4. The van der Waals surface area contributed by atoms with Gasteiger partial charge in [0, 0.05) is 19.3 Å². The van der Waals surface area contributed by atoms with E-state index in [1.807, 2.05) is 0 Å². The minimum atomic E-state index is -1.13. The summed E-state index contributed by atoms with van der Waals surface area (Å²) in [6, 6.07) is -0.724. The van der Waals surface area contributed by atoms with Crippen LogP contribution in [-0.2, 0) is 28.6 Å². The zero-order valence-electron chi connectivity index (χ0n) is 36.1. The summed E-state index contributed by atoms with van der Waals surface area (Å²) in [6.45, 7) is 4.51. The Kier molecular flexibility index (Phi) is 36.3. The Labute approximate surface area is 337 Å². The van der Waals surface area contributed by atoms with Gasteiger partial charge in [0.1, 0.15) is 12.6 Å². The van der Waals surface area contributed by atoms with Gasteiger partial charge in [-0.15, -0.1) is 0 Å². The highest BCUT2D eigenvalue weighted by Crippen LogP contribution is 2.14. The first-order valence-corrected chi connectivity index (χ1v) is 22.2. The van der Waals surface area contributed by atoms with E-state index in [2.05, 4.69) is 62.5 Å². The van der Waals surface area contributed by atoms with Crippen LogP contribution in [0.1, 0.15) is 181 Å². The average molecular weight is 774 g/mol. The molecule has 0 bridgehead atoms. The summed E-state index contributed by atoms with van der Waals surface area (Å²) in [4.78, 5) is 36.7. The van der Waals surface area contributed by atoms with Crippen LogP contribution in [0, 0.1) is 0 Å². The second kappa shape index (κ2) is 38.2. The number of allylic oxidation sites excluding steroid dienone is 8. The molecule has 8 nitrogen and oxygen atoms in total. The van der Waals surface area contributed by atoms with E-state index in [4.69, 9.17) is 14.2 Å². The standard InChI is InChI=1S/C47H83NO7/c1-6-8-10-12-14-16-17-18-19-20-21-22-23-24-25-26-27-28-29-30-32-33-35-37-45(49)54-42-43(41-53-40-39-44(47(51)52)48(3,4)5)55-46(50)38-36-34-31-15-13-11-9-7-2/h8,10,14,16,18-19,21-22,43-44H,6-7,9,11-13,15,17,20,23-42H2,1-5H3/b10-8+,16-14+,19-18+,22-21+. The van der Waals surface area contributed by atoms with Crippen molar-refractivity contribution in [3.05, 3.63) is 48.6 Å². The first-order chi connectivity index (χ1) is 26.6. The van der Waals surface area contributed by atoms with Crippen LogP contribution in [0.2, 0.25) is 0 Å². The maximum atomic E-state index is 12.6. The molecule has 0 saturated heterocycles. The summed E-state index contributed by atoms with van der Waals surface area (Å²) in [5.41, 5.74) is 0. The van der Waals surface area contributed by atoms with Crippen LogP contribution in [0.25, 0.3) is 0 Å². The Bertz CT molecular complexity index is 1040. The van der Waals surface area contributed by atoms with E-state index in [0.717, 1.165) is 64.2 Å². The van der Waals surface area contributed by atoms with Gasteiger partial charge in [0.25, 0.3) is 0 Å². The van der Waals surface area contributed by atoms with Crippen LogP contribution in [0.5, 0.6) is 0 Å². The zero-order chi connectivity index (χ0) is 40.7. The molecule has 2 atom stereocenters. The zero-order valence-corrected chi connectivity index (χ0v) is 36.1. The molecule has 0 aromatic heterocycles. The monoisotopic (exact) mass is 774 g/mol. The topological polar surface area (TPSA) is 102 Å². The SMILES string of the molecule is CC/C=C/C/C=C/C/C=C/C/C=C/CCCCCCCCCCCCC(=O)OCC(COCCC(C(=O)[O-])[N+](C)(C)C)OC(=O)CCCCCCCCCC. The minimum Gasteiger partial charge on any atom is -0.544 e. The summed E-state index contributed by atoms with van der Waals surface area (Å²) in [5, 5.41) is 11.6. The lowest BCUT2D eigenvalue weighted by atomic mass is 10.1. The number of likely N-dealkylation sites (N-methyl/N-ethyl adjacent to an activating group) is 1. The van der Waals surface area contributed by atoms with E-state index < -0.39 is 18.1 Å². The molecule has 55 heavy (non-hydrogen) atoms. The molecule has 0 saturated carbocycles. The molecule has 0 rings (SSSR count). The quantitative estimate of drug-likeness (QED) is 0.0265. The first kappa shape index (κ1) is 52.3. The lowest BCUT2D eigenvalue weighted by molar-refractivity contribution is -0.889.